The summed E-state index contributed by atoms with van der Waals surface area (Å²) >= 11 is 6.44. The maximum atomic E-state index is 12.9. The van der Waals surface area contributed by atoms with Crippen LogP contribution >= 0.6 is 11.6 Å². The van der Waals surface area contributed by atoms with Crippen LogP contribution in [0.2, 0.25) is 5.02 Å². The van der Waals surface area contributed by atoms with E-state index in [0.717, 1.165) is 18.8 Å². The number of anilines is 2. The number of hydrogen-bond acceptors (Lipinski definition) is 5. The smallest absolute Gasteiger partial charge is 0.269 e. The van der Waals surface area contributed by atoms with Crippen molar-refractivity contribution < 1.29 is 19.0 Å². The Morgan fingerprint density at radius 2 is 1.78 bits per heavy atom. The van der Waals surface area contributed by atoms with Crippen molar-refractivity contribution in [3.8, 4) is 11.5 Å². The highest BCUT2D eigenvalue weighted by molar-refractivity contribution is 6.34. The number of fused-ring (bicyclic) bond motifs is 1. The van der Waals surface area contributed by atoms with Gasteiger partial charge in [0.2, 0.25) is 6.10 Å². The van der Waals surface area contributed by atoms with Crippen molar-refractivity contribution in [2.45, 2.75) is 19.1 Å². The SMILES string of the molecule is C[C@H]1Oc2ccccc2O[C@@H]1C(=O)Nc1cccc(Cl)c1N1CCOCC1. The van der Waals surface area contributed by atoms with Gasteiger partial charge in [0.15, 0.2) is 11.5 Å². The van der Waals surface area contributed by atoms with Gasteiger partial charge in [-0.15, -0.1) is 0 Å². The molecule has 2 aromatic rings. The Bertz CT molecular complexity index is 838. The van der Waals surface area contributed by atoms with Gasteiger partial charge < -0.3 is 24.4 Å². The van der Waals surface area contributed by atoms with Crippen LogP contribution in [-0.4, -0.2) is 44.4 Å². The quantitative estimate of drug-likeness (QED) is 0.873. The molecule has 1 fully saturated rings. The number of rotatable bonds is 3. The molecule has 2 atom stereocenters. The van der Waals surface area contributed by atoms with Crippen LogP contribution in [0.5, 0.6) is 11.5 Å². The van der Waals surface area contributed by atoms with E-state index < -0.39 is 12.2 Å². The number of morpholine rings is 1. The third kappa shape index (κ3) is 3.68. The summed E-state index contributed by atoms with van der Waals surface area (Å²) in [4.78, 5) is 15.1. The third-order valence-corrected chi connectivity index (χ3v) is 4.98. The number of benzene rings is 2. The van der Waals surface area contributed by atoms with Gasteiger partial charge in [-0.3, -0.25) is 4.79 Å². The summed E-state index contributed by atoms with van der Waals surface area (Å²) in [6, 6.07) is 12.8. The molecule has 142 valence electrons. The lowest BCUT2D eigenvalue weighted by Crippen LogP contribution is -2.46. The molecule has 0 unspecified atom stereocenters. The molecule has 2 aliphatic rings. The summed E-state index contributed by atoms with van der Waals surface area (Å²) in [5.41, 5.74) is 1.46. The van der Waals surface area contributed by atoms with Crippen LogP contribution in [0, 0.1) is 0 Å². The summed E-state index contributed by atoms with van der Waals surface area (Å²) < 4.78 is 17.1. The lowest BCUT2D eigenvalue weighted by molar-refractivity contribution is -0.128. The summed E-state index contributed by atoms with van der Waals surface area (Å²) in [6.07, 6.45) is -1.16. The number of halogens is 1. The van der Waals surface area contributed by atoms with Crippen molar-refractivity contribution in [2.75, 3.05) is 36.5 Å². The second-order valence-corrected chi connectivity index (χ2v) is 6.94. The second-order valence-electron chi connectivity index (χ2n) is 6.53. The molecule has 2 heterocycles. The van der Waals surface area contributed by atoms with E-state index in [1.165, 1.54) is 0 Å². The molecule has 0 aromatic heterocycles. The summed E-state index contributed by atoms with van der Waals surface area (Å²) in [5, 5.41) is 3.56. The summed E-state index contributed by atoms with van der Waals surface area (Å²) in [5.74, 6) is 0.940. The van der Waals surface area contributed by atoms with Gasteiger partial charge in [0.1, 0.15) is 6.10 Å². The lowest BCUT2D eigenvalue weighted by Gasteiger charge is -2.33. The van der Waals surface area contributed by atoms with E-state index in [4.69, 9.17) is 25.8 Å². The molecule has 4 rings (SSSR count). The maximum Gasteiger partial charge on any atom is 0.269 e. The van der Waals surface area contributed by atoms with Gasteiger partial charge in [-0.2, -0.15) is 0 Å². The van der Waals surface area contributed by atoms with Crippen molar-refractivity contribution in [3.63, 3.8) is 0 Å². The second kappa shape index (κ2) is 7.66. The van der Waals surface area contributed by atoms with E-state index in [2.05, 4.69) is 10.2 Å². The molecule has 2 aliphatic heterocycles. The normalized spacial score (nSPS) is 21.6. The summed E-state index contributed by atoms with van der Waals surface area (Å²) in [7, 11) is 0. The number of ether oxygens (including phenoxy) is 3. The van der Waals surface area contributed by atoms with Crippen molar-refractivity contribution in [1.29, 1.82) is 0 Å². The van der Waals surface area contributed by atoms with E-state index >= 15 is 0 Å². The molecule has 1 saturated heterocycles. The highest BCUT2D eigenvalue weighted by atomic mass is 35.5. The largest absolute Gasteiger partial charge is 0.482 e. The molecule has 0 saturated carbocycles. The molecular formula is C20H21ClN2O4. The van der Waals surface area contributed by atoms with Crippen molar-refractivity contribution in [1.82, 2.24) is 0 Å². The number of nitrogens with zero attached hydrogens (tertiary/aromatic N) is 1. The Morgan fingerprint density at radius 1 is 1.07 bits per heavy atom. The zero-order valence-electron chi connectivity index (χ0n) is 15.0. The van der Waals surface area contributed by atoms with Crippen molar-refractivity contribution in [2.24, 2.45) is 0 Å². The molecule has 6 nitrogen and oxygen atoms in total. The van der Waals surface area contributed by atoms with Gasteiger partial charge in [0, 0.05) is 13.1 Å². The van der Waals surface area contributed by atoms with Gasteiger partial charge in [0.05, 0.1) is 29.6 Å². The van der Waals surface area contributed by atoms with Crippen LogP contribution in [0.25, 0.3) is 0 Å². The molecule has 0 bridgehead atoms. The minimum absolute atomic E-state index is 0.270. The van der Waals surface area contributed by atoms with Crippen molar-refractivity contribution >= 4 is 28.9 Å². The molecular weight excluding hydrogens is 368 g/mol. The highest BCUT2D eigenvalue weighted by Gasteiger charge is 2.34. The Kier molecular flexibility index (Phi) is 5.09. The van der Waals surface area contributed by atoms with E-state index in [1.807, 2.05) is 43.3 Å². The number of carbonyl (C=O) groups is 1. The topological polar surface area (TPSA) is 60.0 Å². The molecule has 2 aromatic carbocycles. The Hall–Kier alpha value is -2.44. The van der Waals surface area contributed by atoms with Crippen LogP contribution in [-0.2, 0) is 9.53 Å². The minimum Gasteiger partial charge on any atom is -0.482 e. The van der Waals surface area contributed by atoms with Gasteiger partial charge in [-0.25, -0.2) is 0 Å². The van der Waals surface area contributed by atoms with Crippen LogP contribution in [0.15, 0.2) is 42.5 Å². The Labute approximate surface area is 163 Å². The van der Waals surface area contributed by atoms with Crippen LogP contribution in [0.3, 0.4) is 0 Å². The fourth-order valence-electron chi connectivity index (χ4n) is 3.33. The average Bonchev–Trinajstić information content (AvgIpc) is 2.68. The van der Waals surface area contributed by atoms with E-state index in [1.54, 1.807) is 6.07 Å². The third-order valence-electron chi connectivity index (χ3n) is 4.67. The fraction of sp³-hybridized carbons (Fsp3) is 0.350. The predicted molar refractivity (Wildman–Crippen MR) is 104 cm³/mol. The zero-order chi connectivity index (χ0) is 18.8. The minimum atomic E-state index is -0.753. The number of nitrogens with one attached hydrogen (secondary N) is 1. The number of para-hydroxylation sites is 3. The van der Waals surface area contributed by atoms with Gasteiger partial charge in [-0.05, 0) is 31.2 Å². The molecule has 0 spiro atoms. The zero-order valence-corrected chi connectivity index (χ0v) is 15.7. The van der Waals surface area contributed by atoms with Gasteiger partial charge >= 0.3 is 0 Å². The lowest BCUT2D eigenvalue weighted by atomic mass is 10.1. The van der Waals surface area contributed by atoms with Crippen LogP contribution in [0.1, 0.15) is 6.92 Å². The number of amides is 1. The molecule has 0 aliphatic carbocycles. The van der Waals surface area contributed by atoms with E-state index in [-0.39, 0.29) is 5.91 Å². The highest BCUT2D eigenvalue weighted by Crippen LogP contribution is 2.36. The Morgan fingerprint density at radius 3 is 2.52 bits per heavy atom. The first kappa shape index (κ1) is 17.9. The molecule has 0 radical (unpaired) electrons. The fourth-order valence-corrected chi connectivity index (χ4v) is 3.63. The average molecular weight is 389 g/mol. The standard InChI is InChI=1S/C20H21ClN2O4/c1-13-19(27-17-8-3-2-7-16(17)26-13)20(24)22-15-6-4-5-14(21)18(15)23-9-11-25-12-10-23/h2-8,13,19H,9-12H2,1H3,(H,22,24)/t13-,19+/m1/s1. The molecule has 1 N–H and O–H groups in total. The molecule has 1 amide bonds. The Balaban J connectivity index is 1.56. The van der Waals surface area contributed by atoms with Gasteiger partial charge in [0.25, 0.3) is 5.91 Å². The predicted octanol–water partition coefficient (Wildman–Crippen LogP) is 3.34. The van der Waals surface area contributed by atoms with Crippen LogP contribution < -0.4 is 19.7 Å². The molecule has 27 heavy (non-hydrogen) atoms. The van der Waals surface area contributed by atoms with Crippen molar-refractivity contribution in [3.05, 3.63) is 47.5 Å². The molecule has 7 heteroatoms. The maximum absolute atomic E-state index is 12.9. The van der Waals surface area contributed by atoms with Crippen LogP contribution in [0.4, 0.5) is 11.4 Å². The first-order valence-corrected chi connectivity index (χ1v) is 9.35. The summed E-state index contributed by atoms with van der Waals surface area (Å²) in [6.45, 7) is 4.53. The number of hydrogen-bond donors (Lipinski definition) is 1. The van der Waals surface area contributed by atoms with E-state index in [9.17, 15) is 4.79 Å². The monoisotopic (exact) mass is 388 g/mol. The first-order valence-electron chi connectivity index (χ1n) is 8.98. The van der Waals surface area contributed by atoms with Gasteiger partial charge in [-0.1, -0.05) is 29.8 Å². The first-order chi connectivity index (χ1) is 13.1. The number of carbonyl (C=O) groups excluding carboxylic acids is 1. The van der Waals surface area contributed by atoms with E-state index in [0.29, 0.717) is 35.4 Å².